The Morgan fingerprint density at radius 2 is 2.23 bits per heavy atom. The number of nitrogens with zero attached hydrogens (tertiary/aromatic N) is 1. The number of halogens is 2. The molecule has 0 saturated carbocycles. The summed E-state index contributed by atoms with van der Waals surface area (Å²) in [6.45, 7) is 0. The Bertz CT molecular complexity index is 478. The summed E-state index contributed by atoms with van der Waals surface area (Å²) in [6, 6.07) is 5.11. The molecule has 0 aliphatic heterocycles. The minimum atomic E-state index is -0.604. The molecule has 0 atom stereocenters. The van der Waals surface area contributed by atoms with Gasteiger partial charge in [-0.1, -0.05) is 11.6 Å². The van der Waals surface area contributed by atoms with Crippen LogP contribution in [-0.2, 0) is 0 Å². The molecule has 5 heteroatoms. The van der Waals surface area contributed by atoms with Crippen LogP contribution in [0.25, 0.3) is 11.0 Å². The van der Waals surface area contributed by atoms with Crippen molar-refractivity contribution in [2.24, 2.45) is 0 Å². The molecular weight excluding hydrogens is 211 g/mol. The van der Waals surface area contributed by atoms with Crippen molar-refractivity contribution in [2.75, 3.05) is 0 Å². The summed E-state index contributed by atoms with van der Waals surface area (Å²) in [5.74, 6) is 0.138. The fourth-order valence-electron chi connectivity index (χ4n) is 1.07. The van der Waals surface area contributed by atoms with Gasteiger partial charge >= 0.3 is 0 Å². The summed E-state index contributed by atoms with van der Waals surface area (Å²) in [5, 5.41) is -0.0166. The molecular formula is C8H4Cl2N2O. The normalized spacial score (nSPS) is 10.6. The van der Waals surface area contributed by atoms with E-state index in [1.165, 1.54) is 0 Å². The van der Waals surface area contributed by atoms with Crippen molar-refractivity contribution >= 4 is 39.5 Å². The summed E-state index contributed by atoms with van der Waals surface area (Å²) in [6.07, 6.45) is 0. The highest BCUT2D eigenvalue weighted by Gasteiger charge is 2.07. The van der Waals surface area contributed by atoms with Gasteiger partial charge in [-0.3, -0.25) is 4.79 Å². The highest BCUT2D eigenvalue weighted by molar-refractivity contribution is 6.67. The maximum atomic E-state index is 10.7. The molecule has 0 spiro atoms. The van der Waals surface area contributed by atoms with Gasteiger partial charge in [0.1, 0.15) is 0 Å². The molecule has 13 heavy (non-hydrogen) atoms. The molecule has 0 saturated heterocycles. The van der Waals surface area contributed by atoms with Crippen LogP contribution in [0, 0.1) is 0 Å². The van der Waals surface area contributed by atoms with Crippen LogP contribution < -0.4 is 0 Å². The Kier molecular flexibility index (Phi) is 1.98. The summed E-state index contributed by atoms with van der Waals surface area (Å²) < 4.78 is 0. The van der Waals surface area contributed by atoms with E-state index in [2.05, 4.69) is 9.97 Å². The number of rotatable bonds is 1. The number of fused-ring (bicyclic) bond motifs is 1. The molecule has 2 aromatic rings. The van der Waals surface area contributed by atoms with Gasteiger partial charge in [0.25, 0.3) is 5.24 Å². The summed E-state index contributed by atoms with van der Waals surface area (Å²) in [7, 11) is 0. The highest BCUT2D eigenvalue weighted by Crippen LogP contribution is 2.17. The van der Waals surface area contributed by atoms with E-state index in [9.17, 15) is 4.79 Å². The fourth-order valence-corrected chi connectivity index (χ4v) is 1.34. The minimum Gasteiger partial charge on any atom is -0.334 e. The van der Waals surface area contributed by atoms with E-state index in [-0.39, 0.29) is 5.82 Å². The zero-order valence-electron chi connectivity index (χ0n) is 6.34. The average Bonchev–Trinajstić information content (AvgIpc) is 2.46. The van der Waals surface area contributed by atoms with Crippen LogP contribution in [0.4, 0.5) is 0 Å². The van der Waals surface area contributed by atoms with Crippen molar-refractivity contribution in [3.05, 3.63) is 29.0 Å². The second-order valence-electron chi connectivity index (χ2n) is 2.52. The van der Waals surface area contributed by atoms with Crippen LogP contribution in [0.15, 0.2) is 18.2 Å². The molecule has 0 radical (unpaired) electrons. The van der Waals surface area contributed by atoms with Crippen molar-refractivity contribution in [1.82, 2.24) is 9.97 Å². The number of aromatic amines is 1. The summed E-state index contributed by atoms with van der Waals surface area (Å²) >= 11 is 11.0. The molecule has 1 aromatic heterocycles. The lowest BCUT2D eigenvalue weighted by Crippen LogP contribution is -1.89. The van der Waals surface area contributed by atoms with Gasteiger partial charge in [0.2, 0.25) is 0 Å². The second-order valence-corrected chi connectivity index (χ2v) is 3.30. The quantitative estimate of drug-likeness (QED) is 0.743. The van der Waals surface area contributed by atoms with E-state index < -0.39 is 5.24 Å². The molecule has 1 aromatic carbocycles. The zero-order chi connectivity index (χ0) is 9.42. The van der Waals surface area contributed by atoms with Crippen molar-refractivity contribution in [2.45, 2.75) is 0 Å². The number of aromatic nitrogens is 2. The van der Waals surface area contributed by atoms with Gasteiger partial charge in [-0.15, -0.1) is 0 Å². The number of hydrogen-bond acceptors (Lipinski definition) is 2. The monoisotopic (exact) mass is 214 g/mol. The molecule has 3 nitrogen and oxygen atoms in total. The molecule has 0 aliphatic rings. The van der Waals surface area contributed by atoms with Crippen molar-refractivity contribution in [3.8, 4) is 0 Å². The lowest BCUT2D eigenvalue weighted by molar-refractivity contribution is 0.107. The van der Waals surface area contributed by atoms with E-state index in [4.69, 9.17) is 23.2 Å². The third-order valence-electron chi connectivity index (χ3n) is 1.63. The standard InChI is InChI=1S/C8H4Cl2N2O/c9-4-1-2-5-6(3-4)12-8(11-5)7(10)13/h1-3H,(H,11,12). The first-order valence-corrected chi connectivity index (χ1v) is 4.27. The highest BCUT2D eigenvalue weighted by atomic mass is 35.5. The molecule has 66 valence electrons. The lowest BCUT2D eigenvalue weighted by atomic mass is 10.3. The van der Waals surface area contributed by atoms with Gasteiger partial charge in [-0.2, -0.15) is 0 Å². The van der Waals surface area contributed by atoms with Gasteiger partial charge in [0, 0.05) is 5.02 Å². The predicted octanol–water partition coefficient (Wildman–Crippen LogP) is 2.60. The SMILES string of the molecule is O=C(Cl)c1nc2ccc(Cl)cc2[nH]1. The summed E-state index contributed by atoms with van der Waals surface area (Å²) in [4.78, 5) is 17.5. The van der Waals surface area contributed by atoms with Crippen LogP contribution in [-0.4, -0.2) is 15.2 Å². The maximum absolute atomic E-state index is 10.7. The topological polar surface area (TPSA) is 45.8 Å². The maximum Gasteiger partial charge on any atom is 0.287 e. The third kappa shape index (κ3) is 1.53. The van der Waals surface area contributed by atoms with E-state index in [1.807, 2.05) is 0 Å². The number of imidazole rings is 1. The van der Waals surface area contributed by atoms with Crippen LogP contribution in [0.3, 0.4) is 0 Å². The van der Waals surface area contributed by atoms with Crippen LogP contribution in [0.2, 0.25) is 5.02 Å². The number of hydrogen-bond donors (Lipinski definition) is 1. The number of carbonyl (C=O) groups excluding carboxylic acids is 1. The Labute approximate surface area is 83.7 Å². The first-order chi connectivity index (χ1) is 6.16. The molecule has 1 N–H and O–H groups in total. The first kappa shape index (κ1) is 8.53. The lowest BCUT2D eigenvalue weighted by Gasteiger charge is -1.87. The largest absolute Gasteiger partial charge is 0.334 e. The Balaban J connectivity index is 2.68. The van der Waals surface area contributed by atoms with Gasteiger partial charge < -0.3 is 4.98 Å². The van der Waals surface area contributed by atoms with Crippen molar-refractivity contribution in [3.63, 3.8) is 0 Å². The average molecular weight is 215 g/mol. The Morgan fingerprint density at radius 1 is 1.46 bits per heavy atom. The second kappa shape index (κ2) is 3.01. The smallest absolute Gasteiger partial charge is 0.287 e. The van der Waals surface area contributed by atoms with Crippen LogP contribution >= 0.6 is 23.2 Å². The van der Waals surface area contributed by atoms with E-state index >= 15 is 0 Å². The number of benzene rings is 1. The number of carbonyl (C=O) groups is 1. The van der Waals surface area contributed by atoms with Crippen LogP contribution in [0.1, 0.15) is 10.6 Å². The van der Waals surface area contributed by atoms with Crippen molar-refractivity contribution < 1.29 is 4.79 Å². The molecule has 0 bridgehead atoms. The Morgan fingerprint density at radius 3 is 2.92 bits per heavy atom. The Hall–Kier alpha value is -1.06. The van der Waals surface area contributed by atoms with Gasteiger partial charge in [0.15, 0.2) is 5.82 Å². The van der Waals surface area contributed by atoms with E-state index in [0.717, 1.165) is 0 Å². The van der Waals surface area contributed by atoms with Crippen molar-refractivity contribution in [1.29, 1.82) is 0 Å². The molecule has 2 rings (SSSR count). The van der Waals surface area contributed by atoms with Crippen LogP contribution in [0.5, 0.6) is 0 Å². The van der Waals surface area contributed by atoms with E-state index in [0.29, 0.717) is 16.1 Å². The molecule has 0 unspecified atom stereocenters. The van der Waals surface area contributed by atoms with Gasteiger partial charge in [-0.25, -0.2) is 4.98 Å². The molecule has 0 aliphatic carbocycles. The number of H-pyrrole nitrogens is 1. The zero-order valence-corrected chi connectivity index (χ0v) is 7.86. The molecule has 0 fully saturated rings. The third-order valence-corrected chi connectivity index (χ3v) is 2.04. The first-order valence-electron chi connectivity index (χ1n) is 3.52. The minimum absolute atomic E-state index is 0.138. The fraction of sp³-hybridized carbons (Fsp3) is 0. The summed E-state index contributed by atoms with van der Waals surface area (Å²) in [5.41, 5.74) is 1.38. The van der Waals surface area contributed by atoms with Gasteiger partial charge in [-0.05, 0) is 29.8 Å². The van der Waals surface area contributed by atoms with E-state index in [1.54, 1.807) is 18.2 Å². The number of nitrogens with one attached hydrogen (secondary N) is 1. The van der Waals surface area contributed by atoms with Gasteiger partial charge in [0.05, 0.1) is 11.0 Å². The molecule has 1 heterocycles. The predicted molar refractivity (Wildman–Crippen MR) is 51.3 cm³/mol. The molecule has 0 amide bonds.